The second-order valence-corrected chi connectivity index (χ2v) is 7.31. The summed E-state index contributed by atoms with van der Waals surface area (Å²) < 4.78 is 0. The van der Waals surface area contributed by atoms with Crippen molar-refractivity contribution in [3.63, 3.8) is 0 Å². The molecule has 0 saturated heterocycles. The van der Waals surface area contributed by atoms with Crippen molar-refractivity contribution < 1.29 is 4.79 Å². The van der Waals surface area contributed by atoms with Gasteiger partial charge in [0, 0.05) is 18.1 Å². The average molecular weight is 324 g/mol. The largest absolute Gasteiger partial charge is 0.352 e. The first kappa shape index (κ1) is 16.9. The Morgan fingerprint density at radius 2 is 2.04 bits per heavy atom. The van der Waals surface area contributed by atoms with Gasteiger partial charge in [-0.2, -0.15) is 0 Å². The van der Waals surface area contributed by atoms with Crippen LogP contribution in [0.2, 0.25) is 0 Å². The van der Waals surface area contributed by atoms with Crippen LogP contribution in [-0.4, -0.2) is 17.4 Å². The molecule has 1 N–H and O–H groups in total. The minimum atomic E-state index is 0.0237. The van der Waals surface area contributed by atoms with Gasteiger partial charge in [-0.15, -0.1) is 0 Å². The van der Waals surface area contributed by atoms with Crippen molar-refractivity contribution in [2.75, 3.05) is 6.54 Å². The Kier molecular flexibility index (Phi) is 5.17. The fourth-order valence-electron chi connectivity index (χ4n) is 3.76. The summed E-state index contributed by atoms with van der Waals surface area (Å²) in [6.45, 7) is 7.30. The monoisotopic (exact) mass is 324 g/mol. The van der Waals surface area contributed by atoms with E-state index in [2.05, 4.69) is 43.2 Å². The smallest absolute Gasteiger partial charge is 0.253 e. The topological polar surface area (TPSA) is 42.0 Å². The molecule has 3 nitrogen and oxygen atoms in total. The molecule has 0 unspecified atom stereocenters. The molecule has 1 aromatic carbocycles. The number of fused-ring (bicyclic) bond motifs is 1. The Balaban J connectivity index is 1.96. The predicted octanol–water partition coefficient (Wildman–Crippen LogP) is 4.84. The quantitative estimate of drug-likeness (QED) is 0.855. The zero-order valence-electron chi connectivity index (χ0n) is 15.1. The minimum Gasteiger partial charge on any atom is -0.352 e. The van der Waals surface area contributed by atoms with Crippen molar-refractivity contribution in [3.05, 3.63) is 41.1 Å². The van der Waals surface area contributed by atoms with E-state index in [9.17, 15) is 4.79 Å². The number of nitrogens with one attached hydrogen (secondary N) is 1. The van der Waals surface area contributed by atoms with Crippen molar-refractivity contribution in [1.82, 2.24) is 10.3 Å². The first-order chi connectivity index (χ1) is 11.6. The van der Waals surface area contributed by atoms with Crippen molar-refractivity contribution in [2.45, 2.75) is 58.8 Å². The van der Waals surface area contributed by atoms with Gasteiger partial charge in [-0.1, -0.05) is 33.6 Å². The SMILES string of the molecule is CCc1cc(C(=O)NCC2CCCC2)c2nccc(C(C)C)c2c1. The van der Waals surface area contributed by atoms with Crippen molar-refractivity contribution in [1.29, 1.82) is 0 Å². The van der Waals surface area contributed by atoms with Gasteiger partial charge in [0.1, 0.15) is 0 Å². The molecule has 0 spiro atoms. The van der Waals surface area contributed by atoms with Crippen LogP contribution in [0.5, 0.6) is 0 Å². The van der Waals surface area contributed by atoms with E-state index in [-0.39, 0.29) is 5.91 Å². The van der Waals surface area contributed by atoms with E-state index in [4.69, 9.17) is 0 Å². The van der Waals surface area contributed by atoms with Crippen LogP contribution in [0.1, 0.15) is 73.9 Å². The number of rotatable bonds is 5. The fourth-order valence-corrected chi connectivity index (χ4v) is 3.76. The number of hydrogen-bond donors (Lipinski definition) is 1. The zero-order chi connectivity index (χ0) is 17.1. The van der Waals surface area contributed by atoms with E-state index in [1.54, 1.807) is 0 Å². The molecule has 2 aromatic rings. The first-order valence-corrected chi connectivity index (χ1v) is 9.29. The van der Waals surface area contributed by atoms with Crippen molar-refractivity contribution >= 4 is 16.8 Å². The first-order valence-electron chi connectivity index (χ1n) is 9.29. The molecule has 1 saturated carbocycles. The molecular weight excluding hydrogens is 296 g/mol. The summed E-state index contributed by atoms with van der Waals surface area (Å²) in [7, 11) is 0. The number of carbonyl (C=O) groups excluding carboxylic acids is 1. The molecule has 3 rings (SSSR count). The van der Waals surface area contributed by atoms with Gasteiger partial charge in [0.05, 0.1) is 11.1 Å². The highest BCUT2D eigenvalue weighted by Crippen LogP contribution is 2.28. The minimum absolute atomic E-state index is 0.0237. The molecule has 128 valence electrons. The van der Waals surface area contributed by atoms with Gasteiger partial charge in [0.25, 0.3) is 5.91 Å². The maximum Gasteiger partial charge on any atom is 0.253 e. The molecule has 0 aliphatic heterocycles. The molecular formula is C21H28N2O. The second-order valence-electron chi connectivity index (χ2n) is 7.31. The molecule has 1 aliphatic carbocycles. The van der Waals surface area contributed by atoms with Crippen LogP contribution < -0.4 is 5.32 Å². The molecule has 24 heavy (non-hydrogen) atoms. The summed E-state index contributed by atoms with van der Waals surface area (Å²) in [5.74, 6) is 1.08. The van der Waals surface area contributed by atoms with Gasteiger partial charge in [0.2, 0.25) is 0 Å². The predicted molar refractivity (Wildman–Crippen MR) is 99.5 cm³/mol. The van der Waals surface area contributed by atoms with Crippen LogP contribution >= 0.6 is 0 Å². The van der Waals surface area contributed by atoms with Crippen LogP contribution in [0.4, 0.5) is 0 Å². The van der Waals surface area contributed by atoms with Crippen LogP contribution in [0.15, 0.2) is 24.4 Å². The van der Waals surface area contributed by atoms with Crippen molar-refractivity contribution in [3.8, 4) is 0 Å². The van der Waals surface area contributed by atoms with E-state index in [1.165, 1.54) is 36.8 Å². The number of pyridine rings is 1. The number of aryl methyl sites for hydroxylation is 1. The Labute approximate surface area is 144 Å². The standard InChI is InChI=1S/C21H28N2O/c1-4-15-11-18-17(14(2)3)9-10-22-20(18)19(12-15)21(24)23-13-16-7-5-6-8-16/h9-12,14,16H,4-8,13H2,1-3H3,(H,23,24). The maximum absolute atomic E-state index is 12.8. The number of aromatic nitrogens is 1. The van der Waals surface area contributed by atoms with E-state index in [0.717, 1.165) is 29.4 Å². The molecule has 0 atom stereocenters. The number of nitrogens with zero attached hydrogens (tertiary/aromatic N) is 1. The van der Waals surface area contributed by atoms with Gasteiger partial charge in [-0.25, -0.2) is 0 Å². The van der Waals surface area contributed by atoms with Crippen LogP contribution in [-0.2, 0) is 6.42 Å². The maximum atomic E-state index is 12.8. The molecule has 0 bridgehead atoms. The third kappa shape index (κ3) is 3.45. The summed E-state index contributed by atoms with van der Waals surface area (Å²) in [5, 5.41) is 4.28. The number of amides is 1. The van der Waals surface area contributed by atoms with Gasteiger partial charge in [-0.05, 0) is 60.4 Å². The molecule has 1 aromatic heterocycles. The van der Waals surface area contributed by atoms with Gasteiger partial charge in [-0.3, -0.25) is 9.78 Å². The number of carbonyl (C=O) groups is 1. The Morgan fingerprint density at radius 3 is 2.71 bits per heavy atom. The summed E-state index contributed by atoms with van der Waals surface area (Å²) in [6.07, 6.45) is 7.84. The highest BCUT2D eigenvalue weighted by molar-refractivity contribution is 6.06. The Morgan fingerprint density at radius 1 is 1.29 bits per heavy atom. The average Bonchev–Trinajstić information content (AvgIpc) is 3.11. The second kappa shape index (κ2) is 7.33. The Bertz CT molecular complexity index is 730. The fraction of sp³-hybridized carbons (Fsp3) is 0.524. The molecule has 1 heterocycles. The normalized spacial score (nSPS) is 15.3. The lowest BCUT2D eigenvalue weighted by Crippen LogP contribution is -2.28. The molecule has 1 fully saturated rings. The highest BCUT2D eigenvalue weighted by Gasteiger charge is 2.19. The lowest BCUT2D eigenvalue weighted by atomic mass is 9.94. The summed E-state index contributed by atoms with van der Waals surface area (Å²) in [4.78, 5) is 17.4. The summed E-state index contributed by atoms with van der Waals surface area (Å²) >= 11 is 0. The third-order valence-corrected chi connectivity index (χ3v) is 5.24. The van der Waals surface area contributed by atoms with Crippen LogP contribution in [0.25, 0.3) is 10.9 Å². The van der Waals surface area contributed by atoms with Crippen molar-refractivity contribution in [2.24, 2.45) is 5.92 Å². The van der Waals surface area contributed by atoms with E-state index in [1.807, 2.05) is 12.3 Å². The zero-order valence-corrected chi connectivity index (χ0v) is 15.1. The molecule has 1 aliphatic rings. The lowest BCUT2D eigenvalue weighted by Gasteiger charge is -2.15. The number of hydrogen-bond acceptors (Lipinski definition) is 2. The summed E-state index contributed by atoms with van der Waals surface area (Å²) in [6, 6.07) is 6.29. The Hall–Kier alpha value is -1.90. The highest BCUT2D eigenvalue weighted by atomic mass is 16.1. The van der Waals surface area contributed by atoms with Crippen LogP contribution in [0.3, 0.4) is 0 Å². The molecule has 3 heteroatoms. The number of benzene rings is 1. The summed E-state index contributed by atoms with van der Waals surface area (Å²) in [5.41, 5.74) is 4.02. The van der Waals surface area contributed by atoms with E-state index in [0.29, 0.717) is 11.8 Å². The third-order valence-electron chi connectivity index (χ3n) is 5.24. The molecule has 1 amide bonds. The lowest BCUT2D eigenvalue weighted by molar-refractivity contribution is 0.0949. The van der Waals surface area contributed by atoms with E-state index < -0.39 is 0 Å². The van der Waals surface area contributed by atoms with E-state index >= 15 is 0 Å². The van der Waals surface area contributed by atoms with Gasteiger partial charge in [0.15, 0.2) is 0 Å². The van der Waals surface area contributed by atoms with Crippen LogP contribution in [0, 0.1) is 5.92 Å². The van der Waals surface area contributed by atoms with Gasteiger partial charge < -0.3 is 5.32 Å². The van der Waals surface area contributed by atoms with Gasteiger partial charge >= 0.3 is 0 Å². The molecule has 0 radical (unpaired) electrons.